The third kappa shape index (κ3) is 8.05. The molecule has 16 heavy (non-hydrogen) atoms. The molecule has 0 aromatic heterocycles. The minimum absolute atomic E-state index is 0.0116. The first kappa shape index (κ1) is 14.7. The number of carbonyl (C=O) groups is 2. The summed E-state index contributed by atoms with van der Waals surface area (Å²) < 4.78 is 0. The van der Waals surface area contributed by atoms with Gasteiger partial charge in [-0.25, -0.2) is 9.59 Å². The van der Waals surface area contributed by atoms with E-state index in [4.69, 9.17) is 10.2 Å². The van der Waals surface area contributed by atoms with Crippen molar-refractivity contribution in [2.24, 2.45) is 0 Å². The van der Waals surface area contributed by atoms with Crippen LogP contribution in [0.3, 0.4) is 0 Å². The summed E-state index contributed by atoms with van der Waals surface area (Å²) >= 11 is 0. The molecule has 2 amide bonds. The van der Waals surface area contributed by atoms with Crippen LogP contribution in [0.5, 0.6) is 0 Å². The SMILES string of the molecule is CCCCCNC(=O)NCCC(O)C(=O)O. The van der Waals surface area contributed by atoms with Gasteiger partial charge >= 0.3 is 12.0 Å². The minimum Gasteiger partial charge on any atom is -0.479 e. The van der Waals surface area contributed by atoms with Crippen LogP contribution < -0.4 is 10.6 Å². The van der Waals surface area contributed by atoms with Gasteiger partial charge in [0.05, 0.1) is 0 Å². The summed E-state index contributed by atoms with van der Waals surface area (Å²) in [7, 11) is 0. The molecule has 1 atom stereocenters. The van der Waals surface area contributed by atoms with E-state index in [2.05, 4.69) is 17.6 Å². The number of carboxylic acids is 1. The smallest absolute Gasteiger partial charge is 0.332 e. The predicted molar refractivity (Wildman–Crippen MR) is 59.2 cm³/mol. The molecule has 6 heteroatoms. The lowest BCUT2D eigenvalue weighted by Gasteiger charge is -2.08. The summed E-state index contributed by atoms with van der Waals surface area (Å²) in [6, 6.07) is -0.325. The molecule has 94 valence electrons. The van der Waals surface area contributed by atoms with Crippen LogP contribution in [0, 0.1) is 0 Å². The van der Waals surface area contributed by atoms with Crippen LogP contribution in [0.4, 0.5) is 4.79 Å². The topological polar surface area (TPSA) is 98.7 Å². The number of urea groups is 1. The van der Waals surface area contributed by atoms with Crippen LogP contribution in [-0.2, 0) is 4.79 Å². The van der Waals surface area contributed by atoms with E-state index >= 15 is 0 Å². The van der Waals surface area contributed by atoms with E-state index in [1.165, 1.54) is 0 Å². The Bertz CT molecular complexity index is 221. The number of carboxylic acid groups (broad SMARTS) is 1. The van der Waals surface area contributed by atoms with Crippen molar-refractivity contribution in [2.45, 2.75) is 38.7 Å². The Morgan fingerprint density at radius 1 is 1.19 bits per heavy atom. The van der Waals surface area contributed by atoms with Gasteiger partial charge in [0.2, 0.25) is 0 Å². The third-order valence-electron chi connectivity index (χ3n) is 2.05. The van der Waals surface area contributed by atoms with Crippen molar-refractivity contribution in [1.82, 2.24) is 10.6 Å². The summed E-state index contributed by atoms with van der Waals surface area (Å²) in [5.41, 5.74) is 0. The number of aliphatic hydroxyl groups is 1. The fraction of sp³-hybridized carbons (Fsp3) is 0.800. The third-order valence-corrected chi connectivity index (χ3v) is 2.05. The fourth-order valence-corrected chi connectivity index (χ4v) is 1.09. The van der Waals surface area contributed by atoms with E-state index in [0.29, 0.717) is 6.54 Å². The van der Waals surface area contributed by atoms with Crippen molar-refractivity contribution < 1.29 is 19.8 Å². The van der Waals surface area contributed by atoms with Crippen molar-refractivity contribution in [1.29, 1.82) is 0 Å². The molecule has 4 N–H and O–H groups in total. The van der Waals surface area contributed by atoms with Gasteiger partial charge in [-0.1, -0.05) is 19.8 Å². The summed E-state index contributed by atoms with van der Waals surface area (Å²) in [4.78, 5) is 21.3. The molecule has 6 nitrogen and oxygen atoms in total. The number of hydrogen-bond donors (Lipinski definition) is 4. The lowest BCUT2D eigenvalue weighted by Crippen LogP contribution is -2.38. The highest BCUT2D eigenvalue weighted by Crippen LogP contribution is 1.91. The summed E-state index contributed by atoms with van der Waals surface area (Å²) in [5.74, 6) is -1.27. The van der Waals surface area contributed by atoms with Gasteiger partial charge in [-0.3, -0.25) is 0 Å². The minimum atomic E-state index is -1.42. The maximum absolute atomic E-state index is 11.1. The quantitative estimate of drug-likeness (QED) is 0.453. The first-order valence-electron chi connectivity index (χ1n) is 5.50. The number of unbranched alkanes of at least 4 members (excludes halogenated alkanes) is 2. The lowest BCUT2D eigenvalue weighted by atomic mass is 10.2. The van der Waals surface area contributed by atoms with E-state index < -0.39 is 12.1 Å². The second-order valence-corrected chi connectivity index (χ2v) is 3.53. The number of carbonyl (C=O) groups excluding carboxylic acids is 1. The summed E-state index contributed by atoms with van der Waals surface area (Å²) in [6.45, 7) is 2.83. The van der Waals surface area contributed by atoms with E-state index in [1.54, 1.807) is 0 Å². The van der Waals surface area contributed by atoms with Gasteiger partial charge in [0, 0.05) is 19.5 Å². The Balaban J connectivity index is 3.40. The number of aliphatic carboxylic acids is 1. The van der Waals surface area contributed by atoms with Crippen LogP contribution in [0.1, 0.15) is 32.6 Å². The van der Waals surface area contributed by atoms with Gasteiger partial charge in [-0.15, -0.1) is 0 Å². The molecule has 0 aliphatic heterocycles. The molecular formula is C10H20N2O4. The van der Waals surface area contributed by atoms with Crippen molar-refractivity contribution >= 4 is 12.0 Å². The second-order valence-electron chi connectivity index (χ2n) is 3.53. The molecule has 0 saturated heterocycles. The second kappa shape index (κ2) is 8.96. The van der Waals surface area contributed by atoms with Crippen LogP contribution in [0.25, 0.3) is 0 Å². The molecule has 0 radical (unpaired) electrons. The highest BCUT2D eigenvalue weighted by molar-refractivity contribution is 5.74. The maximum atomic E-state index is 11.1. The van der Waals surface area contributed by atoms with Gasteiger partial charge in [0.1, 0.15) is 0 Å². The Morgan fingerprint density at radius 3 is 2.38 bits per heavy atom. The van der Waals surface area contributed by atoms with Gasteiger partial charge in [0.15, 0.2) is 6.10 Å². The normalized spacial score (nSPS) is 11.9. The van der Waals surface area contributed by atoms with Gasteiger partial charge in [-0.05, 0) is 6.42 Å². The molecular weight excluding hydrogens is 212 g/mol. The molecule has 0 fully saturated rings. The molecule has 0 spiro atoms. The molecule has 0 aromatic rings. The first-order valence-corrected chi connectivity index (χ1v) is 5.50. The average molecular weight is 232 g/mol. The number of amides is 2. The molecule has 0 aliphatic carbocycles. The highest BCUT2D eigenvalue weighted by atomic mass is 16.4. The predicted octanol–water partition coefficient (Wildman–Crippen LogP) is 0.311. The van der Waals surface area contributed by atoms with E-state index in [9.17, 15) is 9.59 Å². The Hall–Kier alpha value is -1.30. The number of hydrogen-bond acceptors (Lipinski definition) is 3. The Labute approximate surface area is 95.0 Å². The molecule has 0 heterocycles. The molecule has 0 bridgehead atoms. The Kier molecular flexibility index (Phi) is 8.24. The van der Waals surface area contributed by atoms with Crippen molar-refractivity contribution in [3.8, 4) is 0 Å². The van der Waals surface area contributed by atoms with Crippen LogP contribution >= 0.6 is 0 Å². The standard InChI is InChI=1S/C10H20N2O4/c1-2-3-4-6-11-10(16)12-7-5-8(13)9(14)15/h8,13H,2-7H2,1H3,(H,14,15)(H2,11,12,16). The van der Waals surface area contributed by atoms with Crippen molar-refractivity contribution in [3.05, 3.63) is 0 Å². The summed E-state index contributed by atoms with van der Waals surface area (Å²) in [5, 5.41) is 22.4. The molecule has 0 saturated carbocycles. The molecule has 1 unspecified atom stereocenters. The number of rotatable bonds is 8. The van der Waals surface area contributed by atoms with Gasteiger partial charge in [0.25, 0.3) is 0 Å². The zero-order valence-corrected chi connectivity index (χ0v) is 9.53. The first-order chi connectivity index (χ1) is 7.57. The van der Waals surface area contributed by atoms with Crippen molar-refractivity contribution in [3.63, 3.8) is 0 Å². The largest absolute Gasteiger partial charge is 0.479 e. The zero-order valence-electron chi connectivity index (χ0n) is 9.53. The Morgan fingerprint density at radius 2 is 1.81 bits per heavy atom. The number of aliphatic hydroxyl groups excluding tert-OH is 1. The van der Waals surface area contributed by atoms with Crippen molar-refractivity contribution in [2.75, 3.05) is 13.1 Å². The molecule has 0 aromatic carbocycles. The van der Waals surface area contributed by atoms with E-state index in [-0.39, 0.29) is 19.0 Å². The van der Waals surface area contributed by atoms with E-state index in [0.717, 1.165) is 19.3 Å². The average Bonchev–Trinajstić information content (AvgIpc) is 2.24. The monoisotopic (exact) mass is 232 g/mol. The van der Waals surface area contributed by atoms with Gasteiger partial charge < -0.3 is 20.8 Å². The number of nitrogens with one attached hydrogen (secondary N) is 2. The van der Waals surface area contributed by atoms with Gasteiger partial charge in [-0.2, -0.15) is 0 Å². The molecule has 0 rings (SSSR count). The highest BCUT2D eigenvalue weighted by Gasteiger charge is 2.12. The lowest BCUT2D eigenvalue weighted by molar-refractivity contribution is -0.146. The van der Waals surface area contributed by atoms with E-state index in [1.807, 2.05) is 0 Å². The van der Waals surface area contributed by atoms with Crippen LogP contribution in [0.2, 0.25) is 0 Å². The maximum Gasteiger partial charge on any atom is 0.332 e. The fourth-order valence-electron chi connectivity index (χ4n) is 1.09. The molecule has 0 aliphatic rings. The summed E-state index contributed by atoms with van der Waals surface area (Å²) in [6.07, 6.45) is 1.69. The van der Waals surface area contributed by atoms with Crippen LogP contribution in [0.15, 0.2) is 0 Å². The van der Waals surface area contributed by atoms with Crippen LogP contribution in [-0.4, -0.2) is 41.4 Å². The zero-order chi connectivity index (χ0) is 12.4.